The number of nitrogens with zero attached hydrogens (tertiary/aromatic N) is 1. The Balaban J connectivity index is 1.52. The molecule has 0 amide bonds. The fourth-order valence-electron chi connectivity index (χ4n) is 1.45. The van der Waals surface area contributed by atoms with Crippen LogP contribution in [-0.2, 0) is 12.3 Å². The zero-order valence-corrected chi connectivity index (χ0v) is 10.5. The molecule has 2 aromatic heterocycles. The minimum absolute atomic E-state index is 0.884. The van der Waals surface area contributed by atoms with E-state index in [0.29, 0.717) is 0 Å². The minimum atomic E-state index is 0.884. The average molecular weight is 248 g/mol. The van der Waals surface area contributed by atoms with Crippen molar-refractivity contribution < 1.29 is 4.42 Å². The van der Waals surface area contributed by atoms with Gasteiger partial charge in [0.15, 0.2) is 0 Å². The summed E-state index contributed by atoms with van der Waals surface area (Å²) in [5, 5.41) is 3.39. The summed E-state index contributed by atoms with van der Waals surface area (Å²) < 4.78 is 5.26. The Morgan fingerprint density at radius 1 is 1.29 bits per heavy atom. The van der Waals surface area contributed by atoms with Gasteiger partial charge in [-0.2, -0.15) is 11.8 Å². The van der Waals surface area contributed by atoms with Crippen molar-refractivity contribution in [2.75, 3.05) is 12.3 Å². The number of rotatable bonds is 7. The zero-order valence-electron chi connectivity index (χ0n) is 9.63. The van der Waals surface area contributed by atoms with Gasteiger partial charge in [-0.15, -0.1) is 0 Å². The normalized spacial score (nSPS) is 10.6. The molecule has 17 heavy (non-hydrogen) atoms. The number of aromatic nitrogens is 1. The molecule has 0 bridgehead atoms. The molecule has 3 nitrogen and oxygen atoms in total. The maximum absolute atomic E-state index is 5.26. The van der Waals surface area contributed by atoms with Crippen molar-refractivity contribution in [1.29, 1.82) is 0 Å². The number of hydrogen-bond donors (Lipinski definition) is 1. The first-order valence-corrected chi connectivity index (χ1v) is 6.80. The molecule has 90 valence electrons. The van der Waals surface area contributed by atoms with Crippen LogP contribution < -0.4 is 5.32 Å². The average Bonchev–Trinajstić information content (AvgIpc) is 2.88. The monoisotopic (exact) mass is 248 g/mol. The molecule has 2 rings (SSSR count). The third-order valence-electron chi connectivity index (χ3n) is 2.30. The SMILES string of the molecule is c1cncc(CNCCSCc2ccco2)c1. The van der Waals surface area contributed by atoms with E-state index in [1.54, 1.807) is 12.5 Å². The summed E-state index contributed by atoms with van der Waals surface area (Å²) in [5.41, 5.74) is 1.23. The van der Waals surface area contributed by atoms with E-state index in [1.165, 1.54) is 5.56 Å². The fourth-order valence-corrected chi connectivity index (χ4v) is 2.25. The number of nitrogens with one attached hydrogen (secondary N) is 1. The lowest BCUT2D eigenvalue weighted by atomic mass is 10.3. The van der Waals surface area contributed by atoms with E-state index in [2.05, 4.69) is 16.4 Å². The van der Waals surface area contributed by atoms with E-state index in [9.17, 15) is 0 Å². The van der Waals surface area contributed by atoms with Gasteiger partial charge in [0.05, 0.1) is 12.0 Å². The zero-order chi connectivity index (χ0) is 11.8. The van der Waals surface area contributed by atoms with Crippen LogP contribution in [0.25, 0.3) is 0 Å². The molecule has 0 fully saturated rings. The lowest BCUT2D eigenvalue weighted by Gasteiger charge is -2.03. The predicted molar refractivity (Wildman–Crippen MR) is 70.8 cm³/mol. The molecule has 0 saturated carbocycles. The summed E-state index contributed by atoms with van der Waals surface area (Å²) >= 11 is 1.87. The molecular formula is C13H16N2OS. The highest BCUT2D eigenvalue weighted by atomic mass is 32.2. The second-order valence-corrected chi connectivity index (χ2v) is 4.78. The van der Waals surface area contributed by atoms with E-state index < -0.39 is 0 Å². The van der Waals surface area contributed by atoms with Gasteiger partial charge >= 0.3 is 0 Å². The van der Waals surface area contributed by atoms with Gasteiger partial charge < -0.3 is 9.73 Å². The van der Waals surface area contributed by atoms with Crippen molar-refractivity contribution in [3.8, 4) is 0 Å². The second-order valence-electron chi connectivity index (χ2n) is 3.67. The van der Waals surface area contributed by atoms with Crippen LogP contribution in [0.5, 0.6) is 0 Å². The molecule has 0 atom stereocenters. The Morgan fingerprint density at radius 3 is 3.06 bits per heavy atom. The Morgan fingerprint density at radius 2 is 2.29 bits per heavy atom. The van der Waals surface area contributed by atoms with Gasteiger partial charge in [-0.05, 0) is 23.8 Å². The molecular weight excluding hydrogens is 232 g/mol. The van der Waals surface area contributed by atoms with Gasteiger partial charge in [0.2, 0.25) is 0 Å². The molecule has 2 aromatic rings. The van der Waals surface area contributed by atoms with Gasteiger partial charge in [0.1, 0.15) is 5.76 Å². The minimum Gasteiger partial charge on any atom is -0.468 e. The highest BCUT2D eigenvalue weighted by Gasteiger charge is 1.96. The summed E-state index contributed by atoms with van der Waals surface area (Å²) in [4.78, 5) is 4.08. The van der Waals surface area contributed by atoms with Crippen LogP contribution in [0.3, 0.4) is 0 Å². The third kappa shape index (κ3) is 4.63. The molecule has 0 aliphatic heterocycles. The quantitative estimate of drug-likeness (QED) is 0.765. The van der Waals surface area contributed by atoms with E-state index in [4.69, 9.17) is 4.42 Å². The van der Waals surface area contributed by atoms with Crippen LogP contribution >= 0.6 is 11.8 Å². The largest absolute Gasteiger partial charge is 0.468 e. The maximum atomic E-state index is 5.26. The number of thioether (sulfide) groups is 1. The molecule has 0 unspecified atom stereocenters. The van der Waals surface area contributed by atoms with Crippen molar-refractivity contribution in [3.63, 3.8) is 0 Å². The second kappa shape index (κ2) is 7.14. The third-order valence-corrected chi connectivity index (χ3v) is 3.28. The van der Waals surface area contributed by atoms with Gasteiger partial charge in [0, 0.05) is 31.2 Å². The summed E-state index contributed by atoms with van der Waals surface area (Å²) in [6.07, 6.45) is 5.41. The molecule has 0 aliphatic rings. The van der Waals surface area contributed by atoms with Crippen molar-refractivity contribution in [3.05, 3.63) is 54.2 Å². The molecule has 1 N–H and O–H groups in total. The molecule has 0 radical (unpaired) electrons. The first-order valence-electron chi connectivity index (χ1n) is 5.65. The van der Waals surface area contributed by atoms with Crippen LogP contribution in [0.2, 0.25) is 0 Å². The molecule has 0 spiro atoms. The fraction of sp³-hybridized carbons (Fsp3) is 0.308. The van der Waals surface area contributed by atoms with Crippen LogP contribution in [0.4, 0.5) is 0 Å². The highest BCUT2D eigenvalue weighted by molar-refractivity contribution is 7.98. The Hall–Kier alpha value is -1.26. The van der Waals surface area contributed by atoms with E-state index in [0.717, 1.165) is 30.4 Å². The van der Waals surface area contributed by atoms with Crippen molar-refractivity contribution >= 4 is 11.8 Å². The molecule has 0 aromatic carbocycles. The lowest BCUT2D eigenvalue weighted by Crippen LogP contribution is -2.16. The van der Waals surface area contributed by atoms with Crippen molar-refractivity contribution in [2.24, 2.45) is 0 Å². The smallest absolute Gasteiger partial charge is 0.113 e. The Labute approximate surface area is 106 Å². The lowest BCUT2D eigenvalue weighted by molar-refractivity contribution is 0.530. The van der Waals surface area contributed by atoms with Crippen LogP contribution in [0.15, 0.2) is 47.3 Å². The molecule has 0 aliphatic carbocycles. The number of hydrogen-bond acceptors (Lipinski definition) is 4. The van der Waals surface area contributed by atoms with Crippen LogP contribution in [0, 0.1) is 0 Å². The van der Waals surface area contributed by atoms with Gasteiger partial charge in [-0.1, -0.05) is 6.07 Å². The summed E-state index contributed by atoms with van der Waals surface area (Å²) in [6, 6.07) is 7.98. The Bertz CT molecular complexity index is 403. The summed E-state index contributed by atoms with van der Waals surface area (Å²) in [5.74, 6) is 3.07. The number of pyridine rings is 1. The summed E-state index contributed by atoms with van der Waals surface area (Å²) in [7, 11) is 0. The van der Waals surface area contributed by atoms with Crippen LogP contribution in [-0.4, -0.2) is 17.3 Å². The topological polar surface area (TPSA) is 38.1 Å². The molecule has 4 heteroatoms. The maximum Gasteiger partial charge on any atom is 0.113 e. The Kier molecular flexibility index (Phi) is 5.13. The first-order chi connectivity index (χ1) is 8.45. The van der Waals surface area contributed by atoms with E-state index in [-0.39, 0.29) is 0 Å². The van der Waals surface area contributed by atoms with E-state index in [1.807, 2.05) is 36.2 Å². The predicted octanol–water partition coefficient (Wildman–Crippen LogP) is 2.70. The standard InChI is InChI=1S/C13H16N2OS/c1-3-12(9-14-5-1)10-15-6-8-17-11-13-4-2-7-16-13/h1-5,7,9,15H,6,8,10-11H2. The van der Waals surface area contributed by atoms with Gasteiger partial charge in [-0.3, -0.25) is 4.98 Å². The molecule has 0 saturated heterocycles. The van der Waals surface area contributed by atoms with Gasteiger partial charge in [-0.25, -0.2) is 0 Å². The first kappa shape index (κ1) is 12.2. The number of furan rings is 1. The van der Waals surface area contributed by atoms with E-state index >= 15 is 0 Å². The van der Waals surface area contributed by atoms with Crippen molar-refractivity contribution in [1.82, 2.24) is 10.3 Å². The van der Waals surface area contributed by atoms with Gasteiger partial charge in [0.25, 0.3) is 0 Å². The molecule has 2 heterocycles. The highest BCUT2D eigenvalue weighted by Crippen LogP contribution is 2.11. The van der Waals surface area contributed by atoms with Crippen LogP contribution in [0.1, 0.15) is 11.3 Å². The summed E-state index contributed by atoms with van der Waals surface area (Å²) in [6.45, 7) is 1.88. The van der Waals surface area contributed by atoms with Crippen molar-refractivity contribution in [2.45, 2.75) is 12.3 Å².